The largest absolute Gasteiger partial charge is 0.378 e. The minimum absolute atomic E-state index is 0.323. The van der Waals surface area contributed by atoms with Gasteiger partial charge in [-0.1, -0.05) is 13.3 Å². The first kappa shape index (κ1) is 20.5. The van der Waals surface area contributed by atoms with Crippen LogP contribution in [0.3, 0.4) is 0 Å². The van der Waals surface area contributed by atoms with Crippen LogP contribution >= 0.6 is 0 Å². The van der Waals surface area contributed by atoms with E-state index in [0.29, 0.717) is 24.3 Å². The molecule has 7 nitrogen and oxygen atoms in total. The second kappa shape index (κ2) is 8.84. The Balaban J connectivity index is 1.52. The van der Waals surface area contributed by atoms with Crippen LogP contribution in [-0.4, -0.2) is 55.1 Å². The van der Waals surface area contributed by atoms with Crippen LogP contribution in [0.4, 0.5) is 5.82 Å². The minimum atomic E-state index is -2.99. The van der Waals surface area contributed by atoms with E-state index in [0.717, 1.165) is 63.1 Å². The van der Waals surface area contributed by atoms with Crippen LogP contribution in [0.1, 0.15) is 51.1 Å². The molecule has 8 heteroatoms. The minimum Gasteiger partial charge on any atom is -0.378 e. The maximum atomic E-state index is 12.7. The summed E-state index contributed by atoms with van der Waals surface area (Å²) in [5, 5.41) is 6.90. The van der Waals surface area contributed by atoms with E-state index < -0.39 is 14.6 Å². The van der Waals surface area contributed by atoms with Gasteiger partial charge < -0.3 is 15.4 Å². The van der Waals surface area contributed by atoms with Crippen molar-refractivity contribution in [2.45, 2.75) is 62.8 Å². The molecule has 0 amide bonds. The zero-order chi connectivity index (χ0) is 19.3. The van der Waals surface area contributed by atoms with Crippen molar-refractivity contribution in [2.75, 3.05) is 31.3 Å². The predicted octanol–water partition coefficient (Wildman–Crippen LogP) is 2.15. The maximum absolute atomic E-state index is 12.7. The first-order chi connectivity index (χ1) is 13.0. The Labute approximate surface area is 162 Å². The Morgan fingerprint density at radius 2 is 2.11 bits per heavy atom. The average Bonchev–Trinajstić information content (AvgIpc) is 2.61. The molecular weight excluding hydrogens is 364 g/mol. The van der Waals surface area contributed by atoms with Gasteiger partial charge in [0, 0.05) is 25.8 Å². The van der Waals surface area contributed by atoms with Gasteiger partial charge in [-0.15, -0.1) is 0 Å². The zero-order valence-electron chi connectivity index (χ0n) is 16.4. The topological polar surface area (TPSA) is 93.2 Å². The average molecular weight is 397 g/mol. The molecule has 3 rings (SSSR count). The molecule has 1 unspecified atom stereocenters. The Hall–Kier alpha value is -1.25. The lowest BCUT2D eigenvalue weighted by Crippen LogP contribution is -2.59. The molecule has 1 spiro atoms. The summed E-state index contributed by atoms with van der Waals surface area (Å²) in [5.41, 5.74) is 0.830. The highest BCUT2D eigenvalue weighted by Gasteiger charge is 2.56. The second-order valence-electron chi connectivity index (χ2n) is 7.98. The van der Waals surface area contributed by atoms with E-state index in [1.165, 1.54) is 6.33 Å². The quantitative estimate of drug-likeness (QED) is 0.618. The molecule has 2 N–H and O–H groups in total. The Kier molecular flexibility index (Phi) is 6.70. The van der Waals surface area contributed by atoms with Crippen molar-refractivity contribution in [1.29, 1.82) is 0 Å². The fourth-order valence-electron chi connectivity index (χ4n) is 4.38. The molecule has 0 aromatic carbocycles. The van der Waals surface area contributed by atoms with Crippen LogP contribution in [0, 0.1) is 5.92 Å². The number of nitrogens with zero attached hydrogens (tertiary/aromatic N) is 2. The van der Waals surface area contributed by atoms with E-state index in [1.54, 1.807) is 7.11 Å². The molecule has 27 heavy (non-hydrogen) atoms. The number of anilines is 1. The van der Waals surface area contributed by atoms with Gasteiger partial charge in [-0.2, -0.15) is 0 Å². The lowest BCUT2D eigenvalue weighted by Gasteiger charge is -2.51. The highest BCUT2D eigenvalue weighted by atomic mass is 32.2. The van der Waals surface area contributed by atoms with E-state index in [9.17, 15) is 8.42 Å². The highest BCUT2D eigenvalue weighted by Crippen LogP contribution is 2.50. The van der Waals surface area contributed by atoms with Crippen LogP contribution in [0.2, 0.25) is 0 Å². The summed E-state index contributed by atoms with van der Waals surface area (Å²) >= 11 is 0. The molecular formula is C19H32N4O3S. The fourth-order valence-corrected chi connectivity index (χ4v) is 6.84. The van der Waals surface area contributed by atoms with Crippen molar-refractivity contribution in [3.63, 3.8) is 0 Å². The monoisotopic (exact) mass is 396 g/mol. The summed E-state index contributed by atoms with van der Waals surface area (Å²) < 4.78 is 30.0. The fraction of sp³-hybridized carbons (Fsp3) is 0.789. The van der Waals surface area contributed by atoms with Gasteiger partial charge in [-0.05, 0) is 44.6 Å². The van der Waals surface area contributed by atoms with Gasteiger partial charge in [0.1, 0.15) is 12.1 Å². The molecule has 1 aliphatic heterocycles. The maximum Gasteiger partial charge on any atom is 0.156 e. The van der Waals surface area contributed by atoms with Crippen molar-refractivity contribution >= 4 is 15.7 Å². The van der Waals surface area contributed by atoms with Gasteiger partial charge in [0.15, 0.2) is 9.84 Å². The number of unbranched alkanes of at least 4 members (excludes halogenated alkanes) is 1. The SMILES string of the molecule is CCCCNC1CCS(=O)(=O)C2(CC(CNc3cc(COC)ncn3)C2)C1. The number of nitrogens with one attached hydrogen (secondary N) is 2. The van der Waals surface area contributed by atoms with Crippen molar-refractivity contribution in [2.24, 2.45) is 5.92 Å². The number of rotatable bonds is 9. The molecule has 1 aromatic heterocycles. The normalized spacial score (nSPS) is 29.4. The smallest absolute Gasteiger partial charge is 0.156 e. The van der Waals surface area contributed by atoms with Crippen LogP contribution in [-0.2, 0) is 21.2 Å². The second-order valence-corrected chi connectivity index (χ2v) is 10.5. The van der Waals surface area contributed by atoms with Crippen molar-refractivity contribution in [3.8, 4) is 0 Å². The molecule has 152 valence electrons. The molecule has 2 heterocycles. The van der Waals surface area contributed by atoms with E-state index >= 15 is 0 Å². The standard InChI is InChI=1S/C19H32N4O3S/c1-3-4-6-20-16-5-7-27(24,25)19(11-16)9-15(10-19)12-21-18-8-17(13-26-2)22-14-23-18/h8,14-16,20H,3-7,9-13H2,1-2H3,(H,21,22,23). The van der Waals surface area contributed by atoms with E-state index in [1.807, 2.05) is 6.07 Å². The lowest BCUT2D eigenvalue weighted by molar-refractivity contribution is 0.181. The van der Waals surface area contributed by atoms with Gasteiger partial charge >= 0.3 is 0 Å². The zero-order valence-corrected chi connectivity index (χ0v) is 17.2. The first-order valence-corrected chi connectivity index (χ1v) is 11.6. The van der Waals surface area contributed by atoms with Gasteiger partial charge in [0.05, 0.1) is 22.8 Å². The summed E-state index contributed by atoms with van der Waals surface area (Å²) in [4.78, 5) is 8.39. The molecule has 0 bridgehead atoms. The molecule has 1 saturated heterocycles. The van der Waals surface area contributed by atoms with Crippen LogP contribution in [0.15, 0.2) is 12.4 Å². The van der Waals surface area contributed by atoms with E-state index in [-0.39, 0.29) is 0 Å². The summed E-state index contributed by atoms with van der Waals surface area (Å²) in [6.45, 7) is 4.36. The van der Waals surface area contributed by atoms with Gasteiger partial charge in [-0.3, -0.25) is 0 Å². The summed E-state index contributed by atoms with van der Waals surface area (Å²) in [7, 11) is -1.35. The highest BCUT2D eigenvalue weighted by molar-refractivity contribution is 7.92. The number of ether oxygens (including phenoxy) is 1. The molecule has 2 aliphatic rings. The number of aromatic nitrogens is 2. The Bertz CT molecular complexity index is 719. The Morgan fingerprint density at radius 1 is 1.30 bits per heavy atom. The van der Waals surface area contributed by atoms with Gasteiger partial charge in [-0.25, -0.2) is 18.4 Å². The number of methoxy groups -OCH3 is 1. The third-order valence-electron chi connectivity index (χ3n) is 5.89. The molecule has 0 radical (unpaired) electrons. The summed E-state index contributed by atoms with van der Waals surface area (Å²) in [6.07, 6.45) is 6.85. The van der Waals surface area contributed by atoms with Crippen molar-refractivity contribution in [3.05, 3.63) is 18.1 Å². The molecule has 1 saturated carbocycles. The number of sulfone groups is 1. The van der Waals surface area contributed by atoms with E-state index in [4.69, 9.17) is 4.74 Å². The number of hydrogen-bond acceptors (Lipinski definition) is 7. The van der Waals surface area contributed by atoms with E-state index in [2.05, 4.69) is 27.5 Å². The van der Waals surface area contributed by atoms with Crippen molar-refractivity contribution < 1.29 is 13.2 Å². The molecule has 1 aromatic rings. The number of hydrogen-bond donors (Lipinski definition) is 2. The summed E-state index contributed by atoms with van der Waals surface area (Å²) in [6, 6.07) is 2.22. The van der Waals surface area contributed by atoms with Crippen LogP contribution < -0.4 is 10.6 Å². The lowest BCUT2D eigenvalue weighted by atomic mass is 9.70. The Morgan fingerprint density at radius 3 is 2.85 bits per heavy atom. The predicted molar refractivity (Wildman–Crippen MR) is 106 cm³/mol. The molecule has 1 aliphatic carbocycles. The van der Waals surface area contributed by atoms with Crippen molar-refractivity contribution in [1.82, 2.24) is 15.3 Å². The van der Waals surface area contributed by atoms with Gasteiger partial charge in [0.2, 0.25) is 0 Å². The molecule has 2 fully saturated rings. The third kappa shape index (κ3) is 4.78. The third-order valence-corrected chi connectivity index (χ3v) is 8.48. The van der Waals surface area contributed by atoms with Crippen LogP contribution in [0.25, 0.3) is 0 Å². The first-order valence-electron chi connectivity index (χ1n) is 9.97. The van der Waals surface area contributed by atoms with Gasteiger partial charge in [0.25, 0.3) is 0 Å². The van der Waals surface area contributed by atoms with Crippen LogP contribution in [0.5, 0.6) is 0 Å². The molecule has 1 atom stereocenters. The summed E-state index contributed by atoms with van der Waals surface area (Å²) in [5.74, 6) is 1.46.